The van der Waals surface area contributed by atoms with Crippen molar-refractivity contribution in [2.75, 3.05) is 0 Å². The highest BCUT2D eigenvalue weighted by Crippen LogP contribution is 2.38. The number of nitrogens with one attached hydrogen (secondary N) is 3. The SMILES string of the molecule is Cc1cc(C#N)cnc1C(=O)NC1CCC2NNC(c3cncc(OC(C)C)c3)C2C1. The highest BCUT2D eigenvalue weighted by Gasteiger charge is 2.41. The van der Waals surface area contributed by atoms with Crippen molar-refractivity contribution in [1.82, 2.24) is 26.1 Å². The van der Waals surface area contributed by atoms with Crippen LogP contribution in [0.3, 0.4) is 0 Å². The summed E-state index contributed by atoms with van der Waals surface area (Å²) in [5.41, 5.74) is 9.46. The normalized spacial score (nSPS) is 25.0. The molecule has 162 valence electrons. The van der Waals surface area contributed by atoms with Gasteiger partial charge in [0.15, 0.2) is 0 Å². The predicted molar refractivity (Wildman–Crippen MR) is 115 cm³/mol. The van der Waals surface area contributed by atoms with Crippen LogP contribution in [0.1, 0.15) is 66.3 Å². The molecule has 2 fully saturated rings. The Labute approximate surface area is 182 Å². The number of rotatable bonds is 5. The second-order valence-electron chi connectivity index (χ2n) is 8.64. The molecule has 0 bridgehead atoms. The molecule has 3 heterocycles. The van der Waals surface area contributed by atoms with E-state index in [9.17, 15) is 4.79 Å². The fourth-order valence-corrected chi connectivity index (χ4v) is 4.59. The first-order valence-corrected chi connectivity index (χ1v) is 10.7. The van der Waals surface area contributed by atoms with Crippen LogP contribution in [0.5, 0.6) is 5.75 Å². The zero-order chi connectivity index (χ0) is 22.0. The fraction of sp³-hybridized carbons (Fsp3) is 0.478. The molecule has 1 saturated carbocycles. The average molecular weight is 421 g/mol. The van der Waals surface area contributed by atoms with Crippen LogP contribution in [0, 0.1) is 24.2 Å². The highest BCUT2D eigenvalue weighted by atomic mass is 16.5. The van der Waals surface area contributed by atoms with Crippen LogP contribution in [0.4, 0.5) is 0 Å². The lowest BCUT2D eigenvalue weighted by atomic mass is 9.77. The van der Waals surface area contributed by atoms with Crippen molar-refractivity contribution in [3.05, 3.63) is 53.1 Å². The molecule has 4 rings (SSSR count). The zero-order valence-electron chi connectivity index (χ0n) is 18.1. The quantitative estimate of drug-likeness (QED) is 0.681. The van der Waals surface area contributed by atoms with Crippen molar-refractivity contribution in [1.29, 1.82) is 5.26 Å². The minimum absolute atomic E-state index is 0.0675. The van der Waals surface area contributed by atoms with E-state index in [0.717, 1.165) is 30.6 Å². The van der Waals surface area contributed by atoms with Gasteiger partial charge < -0.3 is 10.1 Å². The number of nitriles is 1. The van der Waals surface area contributed by atoms with Gasteiger partial charge >= 0.3 is 0 Å². The number of hydrazine groups is 1. The Kier molecular flexibility index (Phi) is 6.16. The van der Waals surface area contributed by atoms with Gasteiger partial charge in [-0.25, -0.2) is 10.4 Å². The van der Waals surface area contributed by atoms with E-state index in [1.807, 2.05) is 26.1 Å². The van der Waals surface area contributed by atoms with Gasteiger partial charge in [0.05, 0.1) is 23.9 Å². The van der Waals surface area contributed by atoms with Crippen molar-refractivity contribution >= 4 is 5.91 Å². The number of fused-ring (bicyclic) bond motifs is 1. The summed E-state index contributed by atoms with van der Waals surface area (Å²) in [6.45, 7) is 5.80. The summed E-state index contributed by atoms with van der Waals surface area (Å²) in [6, 6.07) is 6.31. The number of pyridine rings is 2. The number of amides is 1. The lowest BCUT2D eigenvalue weighted by Gasteiger charge is -2.33. The summed E-state index contributed by atoms with van der Waals surface area (Å²) in [5, 5.41) is 12.2. The van der Waals surface area contributed by atoms with Gasteiger partial charge in [0.25, 0.3) is 5.91 Å². The van der Waals surface area contributed by atoms with E-state index in [0.29, 0.717) is 28.8 Å². The van der Waals surface area contributed by atoms with Gasteiger partial charge in [0.2, 0.25) is 0 Å². The molecule has 3 N–H and O–H groups in total. The second kappa shape index (κ2) is 9.00. The van der Waals surface area contributed by atoms with Crippen LogP contribution in [-0.2, 0) is 0 Å². The average Bonchev–Trinajstić information content (AvgIpc) is 3.16. The summed E-state index contributed by atoms with van der Waals surface area (Å²) in [7, 11) is 0. The van der Waals surface area contributed by atoms with Crippen LogP contribution in [0.25, 0.3) is 0 Å². The molecule has 0 aromatic carbocycles. The number of hydrogen-bond acceptors (Lipinski definition) is 7. The van der Waals surface area contributed by atoms with E-state index in [4.69, 9.17) is 10.00 Å². The van der Waals surface area contributed by atoms with E-state index in [1.165, 1.54) is 6.20 Å². The summed E-state index contributed by atoms with van der Waals surface area (Å²) < 4.78 is 5.81. The molecule has 1 saturated heterocycles. The number of aromatic nitrogens is 2. The lowest BCUT2D eigenvalue weighted by molar-refractivity contribution is 0.0909. The first-order chi connectivity index (χ1) is 14.9. The molecule has 0 spiro atoms. The molecule has 1 amide bonds. The summed E-state index contributed by atoms with van der Waals surface area (Å²) in [5.74, 6) is 0.904. The Hall–Kier alpha value is -3.02. The van der Waals surface area contributed by atoms with Gasteiger partial charge in [-0.3, -0.25) is 15.2 Å². The largest absolute Gasteiger partial charge is 0.489 e. The van der Waals surface area contributed by atoms with Crippen molar-refractivity contribution in [2.45, 2.75) is 64.3 Å². The van der Waals surface area contributed by atoms with Crippen molar-refractivity contribution in [3.8, 4) is 11.8 Å². The molecule has 4 unspecified atom stereocenters. The number of aryl methyl sites for hydroxylation is 1. The Bertz CT molecular complexity index is 1000. The van der Waals surface area contributed by atoms with Crippen molar-refractivity contribution in [3.63, 3.8) is 0 Å². The molecule has 1 aliphatic heterocycles. The topological polar surface area (TPSA) is 112 Å². The number of carbonyl (C=O) groups excluding carboxylic acids is 1. The van der Waals surface area contributed by atoms with Gasteiger partial charge in [-0.2, -0.15) is 5.26 Å². The van der Waals surface area contributed by atoms with Crippen LogP contribution >= 0.6 is 0 Å². The Morgan fingerprint density at radius 1 is 1.26 bits per heavy atom. The third-order valence-corrected chi connectivity index (χ3v) is 5.97. The molecule has 2 aromatic heterocycles. The number of carbonyl (C=O) groups is 1. The third kappa shape index (κ3) is 4.68. The third-order valence-electron chi connectivity index (χ3n) is 5.97. The Morgan fingerprint density at radius 2 is 2.10 bits per heavy atom. The summed E-state index contributed by atoms with van der Waals surface area (Å²) >= 11 is 0. The van der Waals surface area contributed by atoms with Crippen LogP contribution in [0.15, 0.2) is 30.7 Å². The molecule has 0 radical (unpaired) electrons. The summed E-state index contributed by atoms with van der Waals surface area (Å²) in [6.07, 6.45) is 7.87. The molecule has 1 aliphatic carbocycles. The molecule has 31 heavy (non-hydrogen) atoms. The van der Waals surface area contributed by atoms with E-state index in [-0.39, 0.29) is 24.1 Å². The van der Waals surface area contributed by atoms with Crippen LogP contribution in [0.2, 0.25) is 0 Å². The first-order valence-electron chi connectivity index (χ1n) is 10.7. The maximum absolute atomic E-state index is 12.8. The molecular formula is C23H28N6O2. The first kappa shape index (κ1) is 21.2. The van der Waals surface area contributed by atoms with E-state index >= 15 is 0 Å². The number of ether oxygens (including phenoxy) is 1. The molecular weight excluding hydrogens is 392 g/mol. The standard InChI is InChI=1S/C23H28N6O2/c1-13(2)31-18-7-16(11-25-12-18)22-19-8-17(4-5-20(19)28-29-22)27-23(30)21-14(3)6-15(9-24)10-26-21/h6-7,10-13,17,19-20,22,28-29H,4-5,8H2,1-3H3,(H,27,30). The van der Waals surface area contributed by atoms with Gasteiger partial charge in [-0.05, 0) is 69.2 Å². The van der Waals surface area contributed by atoms with Gasteiger partial charge in [0, 0.05) is 24.5 Å². The lowest BCUT2D eigenvalue weighted by Crippen LogP contribution is -2.44. The maximum Gasteiger partial charge on any atom is 0.270 e. The molecule has 2 aromatic rings. The van der Waals surface area contributed by atoms with E-state index in [2.05, 4.69) is 32.2 Å². The van der Waals surface area contributed by atoms with Gasteiger partial charge in [-0.1, -0.05) is 0 Å². The van der Waals surface area contributed by atoms with Gasteiger partial charge in [0.1, 0.15) is 17.5 Å². The Balaban J connectivity index is 1.45. The maximum atomic E-state index is 12.8. The highest BCUT2D eigenvalue weighted by molar-refractivity contribution is 5.93. The summed E-state index contributed by atoms with van der Waals surface area (Å²) in [4.78, 5) is 21.4. The van der Waals surface area contributed by atoms with Crippen molar-refractivity contribution < 1.29 is 9.53 Å². The van der Waals surface area contributed by atoms with Gasteiger partial charge in [-0.15, -0.1) is 0 Å². The van der Waals surface area contributed by atoms with Crippen LogP contribution in [-0.4, -0.2) is 34.1 Å². The molecule has 8 nitrogen and oxygen atoms in total. The number of hydrogen-bond donors (Lipinski definition) is 3. The minimum Gasteiger partial charge on any atom is -0.489 e. The fourth-order valence-electron chi connectivity index (χ4n) is 4.59. The number of nitrogens with zero attached hydrogens (tertiary/aromatic N) is 3. The van der Waals surface area contributed by atoms with E-state index < -0.39 is 0 Å². The van der Waals surface area contributed by atoms with E-state index in [1.54, 1.807) is 19.2 Å². The second-order valence-corrected chi connectivity index (χ2v) is 8.64. The zero-order valence-corrected chi connectivity index (χ0v) is 18.1. The molecule has 4 atom stereocenters. The van der Waals surface area contributed by atoms with Crippen LogP contribution < -0.4 is 20.9 Å². The molecule has 8 heteroatoms. The molecule has 2 aliphatic rings. The smallest absolute Gasteiger partial charge is 0.270 e. The predicted octanol–water partition coefficient (Wildman–Crippen LogP) is 2.56. The monoisotopic (exact) mass is 420 g/mol. The minimum atomic E-state index is -0.185. The van der Waals surface area contributed by atoms with Crippen molar-refractivity contribution in [2.24, 2.45) is 5.92 Å². The Morgan fingerprint density at radius 3 is 2.84 bits per heavy atom.